The molecule has 0 aliphatic heterocycles. The van der Waals surface area contributed by atoms with E-state index in [1.54, 1.807) is 12.1 Å². The van der Waals surface area contributed by atoms with Crippen molar-refractivity contribution in [3.8, 4) is 11.1 Å². The Balaban J connectivity index is 2.22. The molecule has 1 aromatic carbocycles. The summed E-state index contributed by atoms with van der Waals surface area (Å²) in [7, 11) is 0. The minimum atomic E-state index is -0.342. The predicted octanol–water partition coefficient (Wildman–Crippen LogP) is 4.72. The third-order valence-electron chi connectivity index (χ3n) is 3.55. The summed E-state index contributed by atoms with van der Waals surface area (Å²) >= 11 is 0. The van der Waals surface area contributed by atoms with Gasteiger partial charge in [0.2, 0.25) is 0 Å². The van der Waals surface area contributed by atoms with Crippen molar-refractivity contribution in [3.63, 3.8) is 0 Å². The molecule has 0 atom stereocenters. The summed E-state index contributed by atoms with van der Waals surface area (Å²) in [5.74, 6) is 0.834. The maximum atomic E-state index is 11.3. The van der Waals surface area contributed by atoms with Gasteiger partial charge in [0.05, 0.1) is 4.92 Å². The first-order valence-corrected chi connectivity index (χ1v) is 7.48. The van der Waals surface area contributed by atoms with Crippen molar-refractivity contribution >= 4 is 17.0 Å². The number of anilines is 1. The van der Waals surface area contributed by atoms with Crippen LogP contribution in [0.25, 0.3) is 16.6 Å². The fourth-order valence-electron chi connectivity index (χ4n) is 2.61. The quantitative estimate of drug-likeness (QED) is 0.562. The second-order valence-electron chi connectivity index (χ2n) is 6.59. The van der Waals surface area contributed by atoms with E-state index in [0.29, 0.717) is 5.52 Å². The van der Waals surface area contributed by atoms with Gasteiger partial charge in [0, 0.05) is 23.4 Å². The summed E-state index contributed by atoms with van der Waals surface area (Å²) in [6.07, 6.45) is 1.94. The molecule has 2 aromatic heterocycles. The Kier molecular flexibility index (Phi) is 3.56. The van der Waals surface area contributed by atoms with Crippen molar-refractivity contribution in [2.45, 2.75) is 26.3 Å². The zero-order valence-corrected chi connectivity index (χ0v) is 13.4. The molecule has 3 aromatic rings. The van der Waals surface area contributed by atoms with Crippen LogP contribution in [0.5, 0.6) is 0 Å². The number of nitrogens with one attached hydrogen (secondary N) is 1. The van der Waals surface area contributed by atoms with Crippen LogP contribution in [-0.2, 0) is 0 Å². The molecule has 0 fully saturated rings. The largest absolute Gasteiger partial charge is 0.367 e. The van der Waals surface area contributed by atoms with E-state index in [2.05, 4.69) is 26.1 Å². The monoisotopic (exact) mass is 309 g/mol. The molecule has 3 rings (SSSR count). The van der Waals surface area contributed by atoms with Gasteiger partial charge in [-0.25, -0.2) is 0 Å². The van der Waals surface area contributed by atoms with Crippen LogP contribution >= 0.6 is 0 Å². The molecule has 118 valence electrons. The van der Waals surface area contributed by atoms with E-state index in [-0.39, 0.29) is 16.1 Å². The Bertz CT molecular complexity index is 861. The van der Waals surface area contributed by atoms with Crippen molar-refractivity contribution < 1.29 is 4.92 Å². The van der Waals surface area contributed by atoms with Gasteiger partial charge in [-0.15, -0.1) is 0 Å². The summed E-state index contributed by atoms with van der Waals surface area (Å²) in [6.45, 7) is 6.17. The Labute approximate surface area is 134 Å². The third-order valence-corrected chi connectivity index (χ3v) is 3.55. The highest BCUT2D eigenvalue weighted by Gasteiger charge is 2.19. The van der Waals surface area contributed by atoms with Crippen molar-refractivity contribution in [3.05, 3.63) is 64.8 Å². The molecule has 0 saturated carbocycles. The van der Waals surface area contributed by atoms with Crippen LogP contribution in [-0.4, -0.2) is 14.9 Å². The molecule has 1 N–H and O–H groups in total. The predicted molar refractivity (Wildman–Crippen MR) is 92.9 cm³/mol. The second kappa shape index (κ2) is 5.43. The summed E-state index contributed by atoms with van der Waals surface area (Å²) in [4.78, 5) is 11.0. The maximum Gasteiger partial charge on any atom is 0.293 e. The fraction of sp³-hybridized carbons (Fsp3) is 0.222. The van der Waals surface area contributed by atoms with Gasteiger partial charge in [0.25, 0.3) is 5.69 Å². The number of rotatable bonds is 3. The van der Waals surface area contributed by atoms with E-state index in [4.69, 9.17) is 0 Å². The first-order valence-electron chi connectivity index (χ1n) is 7.48. The van der Waals surface area contributed by atoms with E-state index in [1.165, 1.54) is 0 Å². The van der Waals surface area contributed by atoms with Crippen LogP contribution in [0.1, 0.15) is 20.8 Å². The Hall–Kier alpha value is -2.82. The zero-order chi connectivity index (χ0) is 16.6. The number of nitrogens with zero attached hydrogens (tertiary/aromatic N) is 2. The lowest BCUT2D eigenvalue weighted by atomic mass is 10.1. The normalized spacial score (nSPS) is 11.6. The Morgan fingerprint density at radius 1 is 1.04 bits per heavy atom. The lowest BCUT2D eigenvalue weighted by molar-refractivity contribution is -0.383. The van der Waals surface area contributed by atoms with Crippen molar-refractivity contribution in [2.24, 2.45) is 0 Å². The molecule has 2 heterocycles. The Morgan fingerprint density at radius 3 is 2.35 bits per heavy atom. The smallest absolute Gasteiger partial charge is 0.293 e. The molecule has 0 amide bonds. The molecular formula is C18H19N3O2. The minimum Gasteiger partial charge on any atom is -0.367 e. The summed E-state index contributed by atoms with van der Waals surface area (Å²) in [6, 6.07) is 15.0. The molecule has 0 bridgehead atoms. The molecular weight excluding hydrogens is 290 g/mol. The summed E-state index contributed by atoms with van der Waals surface area (Å²) in [5.41, 5.74) is 2.54. The summed E-state index contributed by atoms with van der Waals surface area (Å²) < 4.78 is 1.85. The highest BCUT2D eigenvalue weighted by atomic mass is 16.6. The fourth-order valence-corrected chi connectivity index (χ4v) is 2.61. The van der Waals surface area contributed by atoms with Crippen LogP contribution in [0, 0.1) is 10.1 Å². The number of hydrogen-bond donors (Lipinski definition) is 1. The van der Waals surface area contributed by atoms with E-state index in [9.17, 15) is 10.1 Å². The average molecular weight is 309 g/mol. The average Bonchev–Trinajstić information content (AvgIpc) is 2.92. The van der Waals surface area contributed by atoms with Crippen LogP contribution in [0.3, 0.4) is 0 Å². The van der Waals surface area contributed by atoms with Gasteiger partial charge in [0.1, 0.15) is 11.3 Å². The van der Waals surface area contributed by atoms with Gasteiger partial charge in [0.15, 0.2) is 0 Å². The molecule has 0 saturated heterocycles. The number of nitro groups is 1. The van der Waals surface area contributed by atoms with E-state index >= 15 is 0 Å². The van der Waals surface area contributed by atoms with Gasteiger partial charge < -0.3 is 5.32 Å². The lowest BCUT2D eigenvalue weighted by Gasteiger charge is -2.23. The van der Waals surface area contributed by atoms with Crippen LogP contribution in [0.2, 0.25) is 0 Å². The first-order chi connectivity index (χ1) is 10.8. The van der Waals surface area contributed by atoms with Crippen molar-refractivity contribution in [1.82, 2.24) is 4.40 Å². The molecule has 0 aliphatic rings. The third kappa shape index (κ3) is 3.04. The molecule has 5 heteroatoms. The number of aromatic nitrogens is 1. The van der Waals surface area contributed by atoms with Crippen LogP contribution < -0.4 is 5.32 Å². The van der Waals surface area contributed by atoms with Gasteiger partial charge in [-0.3, -0.25) is 14.5 Å². The number of benzene rings is 1. The maximum absolute atomic E-state index is 11.3. The Morgan fingerprint density at radius 2 is 1.74 bits per heavy atom. The zero-order valence-electron chi connectivity index (χ0n) is 13.4. The molecule has 23 heavy (non-hydrogen) atoms. The second-order valence-corrected chi connectivity index (χ2v) is 6.59. The standard InChI is InChI=1S/C18H19N3O2/c1-18(2,3)19-17-10-9-15(21(22)23)16-11-14(12-20(16)17)13-7-5-4-6-8-13/h4-12,19H,1-3H3. The first kappa shape index (κ1) is 15.1. The van der Waals surface area contributed by atoms with Gasteiger partial charge in [-0.1, -0.05) is 30.3 Å². The van der Waals surface area contributed by atoms with Crippen molar-refractivity contribution in [1.29, 1.82) is 0 Å². The van der Waals surface area contributed by atoms with Crippen LogP contribution in [0.15, 0.2) is 54.7 Å². The molecule has 0 unspecified atom stereocenters. The molecule has 0 spiro atoms. The van der Waals surface area contributed by atoms with Gasteiger partial charge >= 0.3 is 0 Å². The van der Waals surface area contributed by atoms with Gasteiger partial charge in [-0.05, 0) is 38.5 Å². The van der Waals surface area contributed by atoms with E-state index in [0.717, 1.165) is 16.9 Å². The van der Waals surface area contributed by atoms with Crippen molar-refractivity contribution in [2.75, 3.05) is 5.32 Å². The number of fused-ring (bicyclic) bond motifs is 1. The molecule has 0 aliphatic carbocycles. The van der Waals surface area contributed by atoms with Crippen LogP contribution in [0.4, 0.5) is 11.5 Å². The topological polar surface area (TPSA) is 59.6 Å². The lowest BCUT2D eigenvalue weighted by Crippen LogP contribution is -2.27. The van der Waals surface area contributed by atoms with E-state index < -0.39 is 0 Å². The highest BCUT2D eigenvalue weighted by Crippen LogP contribution is 2.31. The minimum absolute atomic E-state index is 0.103. The number of pyridine rings is 1. The number of hydrogen-bond acceptors (Lipinski definition) is 3. The van der Waals surface area contributed by atoms with E-state index in [1.807, 2.05) is 47.0 Å². The molecule has 5 nitrogen and oxygen atoms in total. The van der Waals surface area contributed by atoms with Gasteiger partial charge in [-0.2, -0.15) is 0 Å². The SMILES string of the molecule is CC(C)(C)Nc1ccc([N+](=O)[O-])c2cc(-c3ccccc3)cn12. The molecule has 0 radical (unpaired) electrons. The highest BCUT2D eigenvalue weighted by molar-refractivity contribution is 5.78. The summed E-state index contributed by atoms with van der Waals surface area (Å²) in [5, 5.41) is 14.7.